The SMILES string of the molecule is CCOc1cc(C(=S)N2CCC(C)CC2)cc(Br)c1OCc1cccc(Cl)c1. The average Bonchev–Trinajstić information content (AvgIpc) is 2.67. The van der Waals surface area contributed by atoms with Gasteiger partial charge in [-0.05, 0) is 71.4 Å². The highest BCUT2D eigenvalue weighted by molar-refractivity contribution is 9.10. The van der Waals surface area contributed by atoms with E-state index in [1.165, 1.54) is 12.8 Å². The molecular weight excluding hydrogens is 458 g/mol. The molecule has 1 saturated heterocycles. The normalized spacial score (nSPS) is 14.8. The molecule has 0 aromatic heterocycles. The van der Waals surface area contributed by atoms with Gasteiger partial charge in [0.1, 0.15) is 11.6 Å². The quantitative estimate of drug-likeness (QED) is 0.439. The van der Waals surface area contributed by atoms with Crippen molar-refractivity contribution in [3.05, 3.63) is 57.0 Å². The van der Waals surface area contributed by atoms with Crippen LogP contribution in [0.1, 0.15) is 37.8 Å². The summed E-state index contributed by atoms with van der Waals surface area (Å²) in [7, 11) is 0. The van der Waals surface area contributed by atoms with Crippen molar-refractivity contribution in [3.63, 3.8) is 0 Å². The molecule has 0 bridgehead atoms. The van der Waals surface area contributed by atoms with Gasteiger partial charge in [-0.2, -0.15) is 0 Å². The van der Waals surface area contributed by atoms with Gasteiger partial charge in [0, 0.05) is 23.7 Å². The summed E-state index contributed by atoms with van der Waals surface area (Å²) in [5.41, 5.74) is 1.99. The predicted octanol–water partition coefficient (Wildman–Crippen LogP) is 6.49. The van der Waals surface area contributed by atoms with Crippen LogP contribution in [0.15, 0.2) is 40.9 Å². The first-order valence-corrected chi connectivity index (χ1v) is 11.2. The number of likely N-dealkylation sites (tertiary alicyclic amines) is 1. The fourth-order valence-electron chi connectivity index (χ4n) is 3.27. The molecule has 3 nitrogen and oxygen atoms in total. The lowest BCUT2D eigenvalue weighted by molar-refractivity contribution is 0.267. The molecule has 150 valence electrons. The van der Waals surface area contributed by atoms with E-state index < -0.39 is 0 Å². The zero-order valence-corrected chi connectivity index (χ0v) is 19.4. The van der Waals surface area contributed by atoms with Crippen LogP contribution in [0.25, 0.3) is 0 Å². The maximum atomic E-state index is 6.07. The van der Waals surface area contributed by atoms with Gasteiger partial charge in [-0.15, -0.1) is 0 Å². The van der Waals surface area contributed by atoms with Gasteiger partial charge in [-0.3, -0.25) is 0 Å². The van der Waals surface area contributed by atoms with Gasteiger partial charge in [-0.25, -0.2) is 0 Å². The van der Waals surface area contributed by atoms with Crippen molar-refractivity contribution >= 4 is 44.7 Å². The fraction of sp³-hybridized carbons (Fsp3) is 0.409. The average molecular weight is 483 g/mol. The van der Waals surface area contributed by atoms with Gasteiger partial charge in [0.15, 0.2) is 11.5 Å². The van der Waals surface area contributed by atoms with Crippen LogP contribution in [0.3, 0.4) is 0 Å². The Morgan fingerprint density at radius 1 is 1.21 bits per heavy atom. The minimum Gasteiger partial charge on any atom is -0.490 e. The third-order valence-corrected chi connectivity index (χ3v) is 6.22. The van der Waals surface area contributed by atoms with Crippen LogP contribution in [0, 0.1) is 5.92 Å². The smallest absolute Gasteiger partial charge is 0.175 e. The van der Waals surface area contributed by atoms with Crippen LogP contribution < -0.4 is 9.47 Å². The lowest BCUT2D eigenvalue weighted by atomic mass is 9.99. The van der Waals surface area contributed by atoms with Crippen molar-refractivity contribution in [2.45, 2.75) is 33.3 Å². The van der Waals surface area contributed by atoms with E-state index in [4.69, 9.17) is 33.3 Å². The summed E-state index contributed by atoms with van der Waals surface area (Å²) in [5.74, 6) is 2.15. The third kappa shape index (κ3) is 5.40. The molecule has 1 heterocycles. The van der Waals surface area contributed by atoms with E-state index in [9.17, 15) is 0 Å². The zero-order valence-electron chi connectivity index (χ0n) is 16.2. The van der Waals surface area contributed by atoms with Gasteiger partial charge >= 0.3 is 0 Å². The number of ether oxygens (including phenoxy) is 2. The van der Waals surface area contributed by atoms with E-state index in [0.29, 0.717) is 29.7 Å². The topological polar surface area (TPSA) is 21.7 Å². The highest BCUT2D eigenvalue weighted by Crippen LogP contribution is 2.38. The number of benzene rings is 2. The zero-order chi connectivity index (χ0) is 20.1. The first-order valence-electron chi connectivity index (χ1n) is 9.60. The molecule has 0 amide bonds. The summed E-state index contributed by atoms with van der Waals surface area (Å²) in [4.78, 5) is 3.16. The molecule has 1 aliphatic heterocycles. The Labute approximate surface area is 186 Å². The molecule has 1 fully saturated rings. The molecule has 3 rings (SSSR count). The molecular formula is C22H25BrClNO2S. The number of hydrogen-bond donors (Lipinski definition) is 0. The van der Waals surface area contributed by atoms with E-state index in [0.717, 1.165) is 39.6 Å². The maximum absolute atomic E-state index is 6.07. The molecule has 0 saturated carbocycles. The highest BCUT2D eigenvalue weighted by Gasteiger charge is 2.21. The number of hydrogen-bond acceptors (Lipinski definition) is 3. The summed E-state index contributed by atoms with van der Waals surface area (Å²) in [6.07, 6.45) is 2.36. The third-order valence-electron chi connectivity index (χ3n) is 4.90. The Morgan fingerprint density at radius 3 is 2.64 bits per heavy atom. The highest BCUT2D eigenvalue weighted by atomic mass is 79.9. The lowest BCUT2D eigenvalue weighted by Gasteiger charge is -2.32. The summed E-state index contributed by atoms with van der Waals surface area (Å²) < 4.78 is 12.8. The number of piperidine rings is 1. The molecule has 0 aliphatic carbocycles. The van der Waals surface area contributed by atoms with E-state index in [1.807, 2.05) is 43.3 Å². The van der Waals surface area contributed by atoms with Crippen LogP contribution in [0.2, 0.25) is 5.02 Å². The van der Waals surface area contributed by atoms with E-state index in [2.05, 4.69) is 27.8 Å². The van der Waals surface area contributed by atoms with Crippen molar-refractivity contribution in [1.29, 1.82) is 0 Å². The van der Waals surface area contributed by atoms with E-state index in [-0.39, 0.29) is 0 Å². The molecule has 2 aromatic rings. The second-order valence-electron chi connectivity index (χ2n) is 7.11. The lowest BCUT2D eigenvalue weighted by Crippen LogP contribution is -2.37. The monoisotopic (exact) mass is 481 g/mol. The number of nitrogens with zero attached hydrogens (tertiary/aromatic N) is 1. The van der Waals surface area contributed by atoms with Crippen LogP contribution in [0.4, 0.5) is 0 Å². The summed E-state index contributed by atoms with van der Waals surface area (Å²) in [6, 6.07) is 11.7. The van der Waals surface area contributed by atoms with Crippen molar-refractivity contribution in [2.75, 3.05) is 19.7 Å². The Kier molecular flexibility index (Phi) is 7.61. The Bertz CT molecular complexity index is 837. The first-order chi connectivity index (χ1) is 13.5. The Balaban J connectivity index is 1.80. The number of rotatable bonds is 6. The van der Waals surface area contributed by atoms with Gasteiger partial charge in [-0.1, -0.05) is 42.9 Å². The molecule has 0 radical (unpaired) electrons. The molecule has 0 atom stereocenters. The largest absolute Gasteiger partial charge is 0.490 e. The van der Waals surface area contributed by atoms with E-state index >= 15 is 0 Å². The van der Waals surface area contributed by atoms with Crippen molar-refractivity contribution in [1.82, 2.24) is 4.90 Å². The summed E-state index contributed by atoms with van der Waals surface area (Å²) >= 11 is 15.5. The number of halogens is 2. The standard InChI is InChI=1S/C22H25BrClNO2S/c1-3-26-20-13-17(22(28)25-9-7-15(2)8-10-25)12-19(23)21(20)27-14-16-5-4-6-18(24)11-16/h4-6,11-13,15H,3,7-10,14H2,1-2H3. The minimum absolute atomic E-state index is 0.410. The molecule has 0 unspecified atom stereocenters. The van der Waals surface area contributed by atoms with Gasteiger partial charge in [0.2, 0.25) is 0 Å². The van der Waals surface area contributed by atoms with Gasteiger partial charge in [0.25, 0.3) is 0 Å². The summed E-state index contributed by atoms with van der Waals surface area (Å²) in [5, 5.41) is 0.696. The molecule has 0 N–H and O–H groups in total. The van der Waals surface area contributed by atoms with E-state index in [1.54, 1.807) is 0 Å². The predicted molar refractivity (Wildman–Crippen MR) is 123 cm³/mol. The molecule has 6 heteroatoms. The first kappa shape index (κ1) is 21.4. The molecule has 1 aliphatic rings. The maximum Gasteiger partial charge on any atom is 0.175 e. The van der Waals surface area contributed by atoms with Crippen LogP contribution >= 0.6 is 39.7 Å². The molecule has 0 spiro atoms. The van der Waals surface area contributed by atoms with Crippen LogP contribution in [0.5, 0.6) is 11.5 Å². The van der Waals surface area contributed by atoms with Crippen LogP contribution in [-0.2, 0) is 6.61 Å². The fourth-order valence-corrected chi connectivity index (χ4v) is 4.34. The Morgan fingerprint density at radius 2 is 1.96 bits per heavy atom. The summed E-state index contributed by atoms with van der Waals surface area (Å²) in [6.45, 7) is 7.25. The second-order valence-corrected chi connectivity index (χ2v) is 8.79. The van der Waals surface area contributed by atoms with Crippen molar-refractivity contribution in [2.24, 2.45) is 5.92 Å². The molecule has 28 heavy (non-hydrogen) atoms. The second kappa shape index (κ2) is 9.95. The minimum atomic E-state index is 0.410. The number of thiocarbonyl (C=S) groups is 1. The van der Waals surface area contributed by atoms with Crippen molar-refractivity contribution in [3.8, 4) is 11.5 Å². The molecule has 2 aromatic carbocycles. The van der Waals surface area contributed by atoms with Gasteiger partial charge in [0.05, 0.1) is 11.1 Å². The van der Waals surface area contributed by atoms with Crippen molar-refractivity contribution < 1.29 is 9.47 Å². The van der Waals surface area contributed by atoms with Crippen LogP contribution in [-0.4, -0.2) is 29.6 Å². The van der Waals surface area contributed by atoms with Gasteiger partial charge < -0.3 is 14.4 Å². The Hall–Kier alpha value is -1.30.